The molecular weight excluding hydrogens is 359 g/mol. The molecule has 0 aliphatic rings. The fraction of sp³-hybridized carbons (Fsp3) is 0.429. The van der Waals surface area contributed by atoms with Gasteiger partial charge in [-0.2, -0.15) is 0 Å². The van der Waals surface area contributed by atoms with Crippen molar-refractivity contribution in [1.82, 2.24) is 9.13 Å². The summed E-state index contributed by atoms with van der Waals surface area (Å²) in [6.45, 7) is 1.08. The summed E-state index contributed by atoms with van der Waals surface area (Å²) in [7, 11) is 3.80. The lowest BCUT2D eigenvalue weighted by molar-refractivity contribution is -0.671. The zero-order valence-corrected chi connectivity index (χ0v) is 15.1. The molecule has 8 nitrogen and oxygen atoms in total. The highest BCUT2D eigenvalue weighted by Gasteiger charge is 2.03. The number of rotatable bonds is 6. The molecule has 0 aromatic carbocycles. The van der Waals surface area contributed by atoms with Gasteiger partial charge in [0, 0.05) is 0 Å². The Kier molecular flexibility index (Phi) is 12.5. The molecule has 0 aliphatic carbocycles. The van der Waals surface area contributed by atoms with Crippen molar-refractivity contribution in [3.63, 3.8) is 0 Å². The number of carbonyl (C=O) groups is 2. The fourth-order valence-corrected chi connectivity index (χ4v) is 1.72. The Morgan fingerprint density at radius 3 is 1.38 bits per heavy atom. The quantitative estimate of drug-likeness (QED) is 0.487. The molecule has 0 amide bonds. The Hall–Kier alpha value is -2.06. The van der Waals surface area contributed by atoms with E-state index in [9.17, 15) is 9.59 Å². The zero-order chi connectivity index (χ0) is 16.5. The number of carboxylic acid groups (broad SMARTS) is 2. The molecule has 0 aliphatic heterocycles. The van der Waals surface area contributed by atoms with E-state index in [2.05, 4.69) is 0 Å². The fourth-order valence-electron chi connectivity index (χ4n) is 1.72. The molecule has 2 N–H and O–H groups in total. The molecule has 0 saturated carbocycles. The summed E-state index contributed by atoms with van der Waals surface area (Å²) in [5.41, 5.74) is 0. The second kappa shape index (κ2) is 12.4. The third-order valence-corrected chi connectivity index (χ3v) is 2.82. The predicted molar refractivity (Wildman–Crippen MR) is 75.7 cm³/mol. The monoisotopic (exact) mass is 380 g/mol. The summed E-state index contributed by atoms with van der Waals surface area (Å²) in [5.74, 6) is -1.53. The molecule has 2 rings (SSSR count). The zero-order valence-electron chi connectivity index (χ0n) is 13.5. The van der Waals surface area contributed by atoms with E-state index in [0.717, 1.165) is 0 Å². The first-order valence-electron chi connectivity index (χ1n) is 6.82. The van der Waals surface area contributed by atoms with Gasteiger partial charge in [0.1, 0.15) is 37.9 Å². The number of aryl methyl sites for hydroxylation is 4. The number of imidazole rings is 2. The standard InChI is InChI=1S/2C7H10N2O2.2ClH/c2*1-8-4-5-9(6-8)3-2-7(10)11;;/h2*4-6H,2-3H2,1H3;2*1H. The Morgan fingerprint density at radius 1 is 0.833 bits per heavy atom. The molecule has 10 heteroatoms. The topological polar surface area (TPSA) is 92.2 Å². The number of halogens is 2. The van der Waals surface area contributed by atoms with Gasteiger partial charge >= 0.3 is 11.9 Å². The minimum Gasteiger partial charge on any atom is -1.00 e. The van der Waals surface area contributed by atoms with Crippen LogP contribution in [0.1, 0.15) is 12.8 Å². The average molecular weight is 381 g/mol. The summed E-state index contributed by atoms with van der Waals surface area (Å²) >= 11 is 0. The van der Waals surface area contributed by atoms with Crippen molar-refractivity contribution in [2.24, 2.45) is 14.1 Å². The highest BCUT2D eigenvalue weighted by molar-refractivity contribution is 5.66. The van der Waals surface area contributed by atoms with Crippen LogP contribution in [0.25, 0.3) is 0 Å². The van der Waals surface area contributed by atoms with E-state index in [1.165, 1.54) is 0 Å². The van der Waals surface area contributed by atoms with E-state index in [1.54, 1.807) is 0 Å². The van der Waals surface area contributed by atoms with Gasteiger partial charge in [-0.15, -0.1) is 0 Å². The Bertz CT molecular complexity index is 574. The lowest BCUT2D eigenvalue weighted by Crippen LogP contribution is -3.00. The number of aliphatic carboxylic acids is 2. The highest BCUT2D eigenvalue weighted by Crippen LogP contribution is 1.88. The van der Waals surface area contributed by atoms with E-state index in [4.69, 9.17) is 10.2 Å². The normalized spacial score (nSPS) is 9.08. The molecule has 0 fully saturated rings. The van der Waals surface area contributed by atoms with Crippen molar-refractivity contribution < 1.29 is 53.8 Å². The van der Waals surface area contributed by atoms with Gasteiger partial charge in [-0.3, -0.25) is 9.59 Å². The third-order valence-electron chi connectivity index (χ3n) is 2.82. The molecule has 0 atom stereocenters. The van der Waals surface area contributed by atoms with Gasteiger partial charge in [0.15, 0.2) is 0 Å². The van der Waals surface area contributed by atoms with Gasteiger partial charge in [-0.05, 0) is 0 Å². The summed E-state index contributed by atoms with van der Waals surface area (Å²) in [4.78, 5) is 20.3. The minimum absolute atomic E-state index is 0. The minimum atomic E-state index is -0.763. The van der Waals surface area contributed by atoms with Crippen LogP contribution in [0.5, 0.6) is 0 Å². The van der Waals surface area contributed by atoms with E-state index < -0.39 is 11.9 Å². The maximum absolute atomic E-state index is 10.2. The Labute approximate surface area is 152 Å². The number of carboxylic acids is 2. The van der Waals surface area contributed by atoms with Crippen molar-refractivity contribution in [2.75, 3.05) is 0 Å². The Balaban J connectivity index is 0. The van der Waals surface area contributed by atoms with Crippen LogP contribution in [-0.4, -0.2) is 31.3 Å². The lowest BCUT2D eigenvalue weighted by Gasteiger charge is -1.89. The maximum Gasteiger partial charge on any atom is 0.307 e. The first kappa shape index (κ1) is 24.2. The summed E-state index contributed by atoms with van der Waals surface area (Å²) in [5, 5.41) is 16.7. The van der Waals surface area contributed by atoms with Crippen LogP contribution in [0.15, 0.2) is 37.4 Å². The van der Waals surface area contributed by atoms with Gasteiger partial charge in [0.05, 0.1) is 26.9 Å². The van der Waals surface area contributed by atoms with Crippen LogP contribution in [0, 0.1) is 0 Å². The lowest BCUT2D eigenvalue weighted by atomic mass is 10.4. The molecule has 2 aromatic heterocycles. The molecule has 2 heterocycles. The maximum atomic E-state index is 10.2. The predicted octanol–water partition coefficient (Wildman–Crippen LogP) is -6.42. The van der Waals surface area contributed by atoms with Crippen molar-refractivity contribution in [3.8, 4) is 0 Å². The third kappa shape index (κ3) is 10.6. The van der Waals surface area contributed by atoms with Crippen LogP contribution in [-0.2, 0) is 36.8 Å². The second-order valence-electron chi connectivity index (χ2n) is 4.92. The van der Waals surface area contributed by atoms with Crippen LogP contribution >= 0.6 is 0 Å². The van der Waals surface area contributed by atoms with Gasteiger partial charge in [0.25, 0.3) is 0 Å². The molecule has 0 spiro atoms. The van der Waals surface area contributed by atoms with Crippen molar-refractivity contribution in [2.45, 2.75) is 25.9 Å². The largest absolute Gasteiger partial charge is 1.00 e. The number of aromatic nitrogens is 4. The number of nitrogens with zero attached hydrogens (tertiary/aromatic N) is 4. The summed E-state index contributed by atoms with van der Waals surface area (Å²) < 4.78 is 7.44. The van der Waals surface area contributed by atoms with E-state index in [0.29, 0.717) is 13.1 Å². The van der Waals surface area contributed by atoms with E-state index >= 15 is 0 Å². The molecule has 2 aromatic rings. The second-order valence-corrected chi connectivity index (χ2v) is 4.92. The van der Waals surface area contributed by atoms with E-state index in [1.807, 2.05) is 69.8 Å². The van der Waals surface area contributed by atoms with Gasteiger partial charge in [0.2, 0.25) is 12.7 Å². The Morgan fingerprint density at radius 2 is 1.17 bits per heavy atom. The molecule has 0 radical (unpaired) electrons. The van der Waals surface area contributed by atoms with Crippen LogP contribution in [0.3, 0.4) is 0 Å². The van der Waals surface area contributed by atoms with E-state index in [-0.39, 0.29) is 37.7 Å². The van der Waals surface area contributed by atoms with Crippen molar-refractivity contribution in [1.29, 1.82) is 0 Å². The smallest absolute Gasteiger partial charge is 0.307 e. The SMILES string of the molecule is C[n+]1ccn(CCC(=O)O)c1.C[n+]1ccn(CCC(=O)O)c1.[Cl-].[Cl-]. The highest BCUT2D eigenvalue weighted by atomic mass is 35.5. The average Bonchev–Trinajstić information content (AvgIpc) is 3.03. The van der Waals surface area contributed by atoms with Crippen molar-refractivity contribution >= 4 is 11.9 Å². The molecule has 0 saturated heterocycles. The first-order chi connectivity index (χ1) is 10.4. The molecule has 0 unspecified atom stereocenters. The first-order valence-corrected chi connectivity index (χ1v) is 6.82. The van der Waals surface area contributed by atoms with Gasteiger partial charge in [-0.1, -0.05) is 0 Å². The molecule has 136 valence electrons. The van der Waals surface area contributed by atoms with Gasteiger partial charge < -0.3 is 35.0 Å². The summed E-state index contributed by atoms with van der Waals surface area (Å²) in [6, 6.07) is 0. The molecular formula is C14H22Cl2N4O4. The molecule has 0 bridgehead atoms. The number of hydrogen-bond donors (Lipinski definition) is 2. The summed E-state index contributed by atoms with van der Waals surface area (Å²) in [6.07, 6.45) is 11.5. The van der Waals surface area contributed by atoms with Gasteiger partial charge in [-0.25, -0.2) is 18.3 Å². The van der Waals surface area contributed by atoms with Crippen LogP contribution in [0.4, 0.5) is 0 Å². The van der Waals surface area contributed by atoms with Crippen LogP contribution < -0.4 is 33.9 Å². The number of hydrogen-bond acceptors (Lipinski definition) is 2. The van der Waals surface area contributed by atoms with Crippen molar-refractivity contribution in [3.05, 3.63) is 37.4 Å². The molecule has 24 heavy (non-hydrogen) atoms. The van der Waals surface area contributed by atoms with Crippen LogP contribution in [0.2, 0.25) is 0 Å².